The summed E-state index contributed by atoms with van der Waals surface area (Å²) in [6.45, 7) is 10.3. The van der Waals surface area contributed by atoms with Crippen LogP contribution in [-0.4, -0.2) is 28.3 Å². The van der Waals surface area contributed by atoms with E-state index >= 15 is 0 Å². The van der Waals surface area contributed by atoms with Gasteiger partial charge in [-0.15, -0.1) is 0 Å². The van der Waals surface area contributed by atoms with Crippen LogP contribution in [0.3, 0.4) is 0 Å². The average molecular weight is 328 g/mol. The van der Waals surface area contributed by atoms with Crippen molar-refractivity contribution in [3.05, 3.63) is 46.1 Å². The Hall–Kier alpha value is -2.14. The molecule has 0 spiro atoms. The SMILES string of the molecule is COc1c(C(=O)c2ccc(C)c(C3(C)OC3(C)C)c2C)cnn1C. The van der Waals surface area contributed by atoms with Gasteiger partial charge in [0.05, 0.1) is 18.9 Å². The van der Waals surface area contributed by atoms with E-state index in [0.717, 1.165) is 16.7 Å². The lowest BCUT2D eigenvalue weighted by atomic mass is 9.82. The number of rotatable bonds is 4. The van der Waals surface area contributed by atoms with E-state index in [2.05, 4.69) is 32.8 Å². The smallest absolute Gasteiger partial charge is 0.222 e. The van der Waals surface area contributed by atoms with Gasteiger partial charge < -0.3 is 9.47 Å². The van der Waals surface area contributed by atoms with Crippen LogP contribution in [0.15, 0.2) is 18.3 Å². The van der Waals surface area contributed by atoms with E-state index in [9.17, 15) is 4.79 Å². The molecule has 2 heterocycles. The molecule has 1 unspecified atom stereocenters. The van der Waals surface area contributed by atoms with Crippen molar-refractivity contribution >= 4 is 5.78 Å². The van der Waals surface area contributed by atoms with E-state index in [1.807, 2.05) is 19.1 Å². The molecular formula is C19H24N2O3. The van der Waals surface area contributed by atoms with E-state index < -0.39 is 0 Å². The minimum Gasteiger partial charge on any atom is -0.481 e. The first-order chi connectivity index (χ1) is 11.1. The Morgan fingerprint density at radius 1 is 1.21 bits per heavy atom. The molecule has 128 valence electrons. The van der Waals surface area contributed by atoms with Crippen molar-refractivity contribution in [2.24, 2.45) is 7.05 Å². The van der Waals surface area contributed by atoms with Crippen LogP contribution in [0, 0.1) is 13.8 Å². The van der Waals surface area contributed by atoms with Crippen LogP contribution >= 0.6 is 0 Å². The molecule has 1 aromatic heterocycles. The monoisotopic (exact) mass is 328 g/mol. The number of methoxy groups -OCH3 is 1. The number of hydrogen-bond acceptors (Lipinski definition) is 4. The molecule has 1 aliphatic heterocycles. The van der Waals surface area contributed by atoms with Crippen molar-refractivity contribution in [3.8, 4) is 5.88 Å². The third-order valence-electron chi connectivity index (χ3n) is 5.28. The molecule has 1 saturated heterocycles. The summed E-state index contributed by atoms with van der Waals surface area (Å²) in [4.78, 5) is 13.1. The Morgan fingerprint density at radius 2 is 1.83 bits per heavy atom. The van der Waals surface area contributed by atoms with Gasteiger partial charge in [0.2, 0.25) is 5.88 Å². The quantitative estimate of drug-likeness (QED) is 0.638. The van der Waals surface area contributed by atoms with Crippen molar-refractivity contribution in [2.75, 3.05) is 7.11 Å². The zero-order valence-electron chi connectivity index (χ0n) is 15.4. The molecule has 3 rings (SSSR count). The number of benzene rings is 1. The largest absolute Gasteiger partial charge is 0.481 e. The van der Waals surface area contributed by atoms with Crippen LogP contribution < -0.4 is 4.74 Å². The van der Waals surface area contributed by atoms with Crippen LogP contribution in [0.25, 0.3) is 0 Å². The number of epoxide rings is 1. The number of hydrogen-bond donors (Lipinski definition) is 0. The van der Waals surface area contributed by atoms with Crippen molar-refractivity contribution in [3.63, 3.8) is 0 Å². The van der Waals surface area contributed by atoms with Crippen LogP contribution in [0.2, 0.25) is 0 Å². The molecule has 1 fully saturated rings. The Bertz CT molecular complexity index is 835. The molecule has 0 amide bonds. The van der Waals surface area contributed by atoms with Gasteiger partial charge in [0, 0.05) is 12.6 Å². The molecule has 5 heteroatoms. The van der Waals surface area contributed by atoms with E-state index in [1.165, 1.54) is 0 Å². The molecule has 0 aliphatic carbocycles. The minimum atomic E-state index is -0.365. The standard InChI is InChI=1S/C19H24N2O3/c1-11-8-9-13(12(2)15(11)19(5)18(3,4)24-19)16(22)14-10-20-21(6)17(14)23-7/h8-10H,1-7H3. The number of ketones is 1. The van der Waals surface area contributed by atoms with E-state index in [4.69, 9.17) is 9.47 Å². The molecule has 0 N–H and O–H groups in total. The van der Waals surface area contributed by atoms with Crippen molar-refractivity contribution < 1.29 is 14.3 Å². The normalized spacial score (nSPS) is 21.6. The number of ether oxygens (including phenoxy) is 2. The minimum absolute atomic E-state index is 0.0826. The summed E-state index contributed by atoms with van der Waals surface area (Å²) < 4.78 is 12.9. The Morgan fingerprint density at radius 3 is 2.38 bits per heavy atom. The second-order valence-corrected chi connectivity index (χ2v) is 7.10. The van der Waals surface area contributed by atoms with Gasteiger partial charge in [-0.1, -0.05) is 12.1 Å². The van der Waals surface area contributed by atoms with Crippen LogP contribution in [-0.2, 0) is 17.4 Å². The summed E-state index contributed by atoms with van der Waals surface area (Å²) in [5.74, 6) is 0.386. The fourth-order valence-corrected chi connectivity index (χ4v) is 3.63. The Kier molecular flexibility index (Phi) is 3.61. The highest BCUT2D eigenvalue weighted by Gasteiger charge is 2.62. The van der Waals surface area contributed by atoms with Crippen LogP contribution in [0.1, 0.15) is 53.4 Å². The molecule has 1 aliphatic rings. The molecule has 0 bridgehead atoms. The predicted molar refractivity (Wildman–Crippen MR) is 91.6 cm³/mol. The summed E-state index contributed by atoms with van der Waals surface area (Å²) in [5, 5.41) is 4.13. The second-order valence-electron chi connectivity index (χ2n) is 7.10. The lowest BCUT2D eigenvalue weighted by molar-refractivity contribution is 0.103. The highest BCUT2D eigenvalue weighted by Crippen LogP contribution is 2.56. The summed E-state index contributed by atoms with van der Waals surface area (Å²) in [6, 6.07) is 3.86. The van der Waals surface area contributed by atoms with Gasteiger partial charge in [-0.3, -0.25) is 4.79 Å². The maximum atomic E-state index is 13.1. The molecule has 0 saturated carbocycles. The van der Waals surface area contributed by atoms with Crippen LogP contribution in [0.5, 0.6) is 5.88 Å². The fraction of sp³-hybridized carbons (Fsp3) is 0.474. The Balaban J connectivity index is 2.12. The van der Waals surface area contributed by atoms with Crippen molar-refractivity contribution in [1.82, 2.24) is 9.78 Å². The van der Waals surface area contributed by atoms with Crippen LogP contribution in [0.4, 0.5) is 0 Å². The van der Waals surface area contributed by atoms with Gasteiger partial charge in [0.1, 0.15) is 11.2 Å². The lowest BCUT2D eigenvalue weighted by Gasteiger charge is -2.19. The van der Waals surface area contributed by atoms with E-state index in [1.54, 1.807) is 25.0 Å². The molecular weight excluding hydrogens is 304 g/mol. The summed E-state index contributed by atoms with van der Waals surface area (Å²) in [6.07, 6.45) is 1.55. The number of carbonyl (C=O) groups excluding carboxylic acids is 1. The highest BCUT2D eigenvalue weighted by molar-refractivity contribution is 6.11. The summed E-state index contributed by atoms with van der Waals surface area (Å²) in [5.41, 5.74) is 3.73. The first-order valence-electron chi connectivity index (χ1n) is 8.05. The number of carbonyl (C=O) groups is 1. The van der Waals surface area contributed by atoms with Gasteiger partial charge in [-0.2, -0.15) is 5.10 Å². The molecule has 5 nitrogen and oxygen atoms in total. The first-order valence-corrected chi connectivity index (χ1v) is 8.05. The number of nitrogens with zero attached hydrogens (tertiary/aromatic N) is 2. The van der Waals surface area contributed by atoms with Crippen molar-refractivity contribution in [2.45, 2.75) is 45.8 Å². The van der Waals surface area contributed by atoms with Gasteiger partial charge in [0.15, 0.2) is 5.78 Å². The van der Waals surface area contributed by atoms with Gasteiger partial charge in [-0.25, -0.2) is 4.68 Å². The molecule has 2 aromatic rings. The second kappa shape index (κ2) is 5.18. The van der Waals surface area contributed by atoms with Crippen molar-refractivity contribution in [1.29, 1.82) is 0 Å². The number of aryl methyl sites for hydroxylation is 2. The Labute approximate surface area is 142 Å². The van der Waals surface area contributed by atoms with Gasteiger partial charge in [-0.05, 0) is 51.3 Å². The average Bonchev–Trinajstić information content (AvgIpc) is 2.83. The first kappa shape index (κ1) is 16.7. The molecule has 1 aromatic carbocycles. The maximum Gasteiger partial charge on any atom is 0.222 e. The topological polar surface area (TPSA) is 56.6 Å². The fourth-order valence-electron chi connectivity index (χ4n) is 3.63. The predicted octanol–water partition coefficient (Wildman–Crippen LogP) is 3.30. The number of aromatic nitrogens is 2. The molecule has 1 atom stereocenters. The summed E-state index contributed by atoms with van der Waals surface area (Å²) in [7, 11) is 3.30. The van der Waals surface area contributed by atoms with E-state index in [0.29, 0.717) is 17.0 Å². The highest BCUT2D eigenvalue weighted by atomic mass is 16.6. The third kappa shape index (κ3) is 2.18. The zero-order valence-corrected chi connectivity index (χ0v) is 15.4. The lowest BCUT2D eigenvalue weighted by Crippen LogP contribution is -2.19. The van der Waals surface area contributed by atoms with E-state index in [-0.39, 0.29) is 17.0 Å². The summed E-state index contributed by atoms with van der Waals surface area (Å²) >= 11 is 0. The third-order valence-corrected chi connectivity index (χ3v) is 5.28. The molecule has 24 heavy (non-hydrogen) atoms. The maximum absolute atomic E-state index is 13.1. The van der Waals surface area contributed by atoms with Gasteiger partial charge in [0.25, 0.3) is 0 Å². The zero-order chi connectivity index (χ0) is 17.9. The van der Waals surface area contributed by atoms with Gasteiger partial charge >= 0.3 is 0 Å². The molecule has 0 radical (unpaired) electrons.